The zero-order valence-electron chi connectivity index (χ0n) is 5.91. The van der Waals surface area contributed by atoms with Crippen LogP contribution < -0.4 is 0 Å². The minimum atomic E-state index is -0.271. The Morgan fingerprint density at radius 2 is 2.60 bits per heavy atom. The Bertz CT molecular complexity index is 197. The Labute approximate surface area is 59.9 Å². The van der Waals surface area contributed by atoms with Gasteiger partial charge in [-0.1, -0.05) is 12.2 Å². The first-order valence-electron chi connectivity index (χ1n) is 3.57. The molecule has 2 aliphatic heterocycles. The van der Waals surface area contributed by atoms with Crippen LogP contribution in [0.2, 0.25) is 0 Å². The summed E-state index contributed by atoms with van der Waals surface area (Å²) >= 11 is 0. The fraction of sp³-hybridized carbons (Fsp3) is 0.625. The molecule has 0 amide bonds. The van der Waals surface area contributed by atoms with E-state index in [0.29, 0.717) is 0 Å². The highest BCUT2D eigenvalue weighted by molar-refractivity contribution is 5.58. The molecule has 0 saturated carbocycles. The van der Waals surface area contributed by atoms with Gasteiger partial charge in [0.15, 0.2) is 0 Å². The number of hydrogen-bond acceptors (Lipinski definition) is 2. The maximum Gasteiger partial charge on any atom is 0.126 e. The van der Waals surface area contributed by atoms with Gasteiger partial charge in [0.2, 0.25) is 0 Å². The molecule has 2 rings (SSSR count). The Hall–Kier alpha value is -0.630. The molecule has 0 aromatic carbocycles. The molecular formula is C8H10O2. The lowest BCUT2D eigenvalue weighted by atomic mass is 9.86. The van der Waals surface area contributed by atoms with Gasteiger partial charge in [-0.25, -0.2) is 0 Å². The minimum Gasteiger partial charge on any atom is -0.363 e. The lowest BCUT2D eigenvalue weighted by molar-refractivity contribution is -0.114. The number of rotatable bonds is 1. The molecule has 0 radical (unpaired) electrons. The van der Waals surface area contributed by atoms with Crippen LogP contribution >= 0.6 is 0 Å². The molecule has 2 heterocycles. The van der Waals surface area contributed by atoms with E-state index in [1.165, 1.54) is 0 Å². The SMILES string of the molecule is C[C@]12C=C[C@H](CC1C=O)O2. The molecule has 0 aliphatic carbocycles. The van der Waals surface area contributed by atoms with Crippen LogP contribution in [0.5, 0.6) is 0 Å². The first-order chi connectivity index (χ1) is 4.74. The van der Waals surface area contributed by atoms with Crippen molar-refractivity contribution in [2.24, 2.45) is 5.92 Å². The van der Waals surface area contributed by atoms with E-state index in [0.717, 1.165) is 12.7 Å². The first kappa shape index (κ1) is 6.10. The molecule has 2 bridgehead atoms. The summed E-state index contributed by atoms with van der Waals surface area (Å²) < 4.78 is 5.52. The standard InChI is InChI=1S/C8H10O2/c1-8-3-2-7(10-8)4-6(8)5-9/h2-3,5-7H,4H2,1H3/t6?,7-,8+/m1/s1. The predicted octanol–water partition coefficient (Wildman–Crippen LogP) is 0.919. The Morgan fingerprint density at radius 1 is 1.80 bits per heavy atom. The highest BCUT2D eigenvalue weighted by Gasteiger charge is 2.46. The molecule has 1 saturated heterocycles. The van der Waals surface area contributed by atoms with Gasteiger partial charge >= 0.3 is 0 Å². The van der Waals surface area contributed by atoms with Crippen molar-refractivity contribution in [3.05, 3.63) is 12.2 Å². The van der Waals surface area contributed by atoms with E-state index in [1.54, 1.807) is 0 Å². The van der Waals surface area contributed by atoms with Gasteiger partial charge in [-0.2, -0.15) is 0 Å². The van der Waals surface area contributed by atoms with E-state index in [2.05, 4.69) is 0 Å². The lowest BCUT2D eigenvalue weighted by Crippen LogP contribution is -2.28. The van der Waals surface area contributed by atoms with Gasteiger partial charge in [-0.3, -0.25) is 0 Å². The summed E-state index contributed by atoms with van der Waals surface area (Å²) in [4.78, 5) is 10.5. The third kappa shape index (κ3) is 0.598. The maximum absolute atomic E-state index is 10.5. The highest BCUT2D eigenvalue weighted by atomic mass is 16.5. The largest absolute Gasteiger partial charge is 0.363 e. The Balaban J connectivity index is 2.31. The van der Waals surface area contributed by atoms with Crippen LogP contribution in [0.3, 0.4) is 0 Å². The Morgan fingerprint density at radius 3 is 2.90 bits per heavy atom. The predicted molar refractivity (Wildman–Crippen MR) is 36.6 cm³/mol. The van der Waals surface area contributed by atoms with Gasteiger partial charge < -0.3 is 9.53 Å². The molecular weight excluding hydrogens is 128 g/mol. The minimum absolute atomic E-state index is 0.0856. The summed E-state index contributed by atoms with van der Waals surface area (Å²) in [6.45, 7) is 1.97. The number of fused-ring (bicyclic) bond motifs is 2. The molecule has 3 atom stereocenters. The summed E-state index contributed by atoms with van der Waals surface area (Å²) in [7, 11) is 0. The molecule has 0 aromatic rings. The average Bonchev–Trinajstić information content (AvgIpc) is 2.41. The lowest BCUT2D eigenvalue weighted by Gasteiger charge is -2.20. The topological polar surface area (TPSA) is 26.3 Å². The van der Waals surface area contributed by atoms with Crippen LogP contribution in [-0.2, 0) is 9.53 Å². The Kier molecular flexibility index (Phi) is 1.04. The molecule has 2 aliphatic rings. The quantitative estimate of drug-likeness (QED) is 0.398. The van der Waals surface area contributed by atoms with Gasteiger partial charge in [0.05, 0.1) is 11.7 Å². The van der Waals surface area contributed by atoms with Gasteiger partial charge in [0.25, 0.3) is 0 Å². The summed E-state index contributed by atoms with van der Waals surface area (Å²) in [5.41, 5.74) is -0.271. The van der Waals surface area contributed by atoms with E-state index in [-0.39, 0.29) is 17.6 Å². The fourth-order valence-electron chi connectivity index (χ4n) is 1.72. The summed E-state index contributed by atoms with van der Waals surface area (Å²) in [5, 5.41) is 0. The van der Waals surface area contributed by atoms with Crippen LogP contribution in [0, 0.1) is 5.92 Å². The second kappa shape index (κ2) is 1.70. The van der Waals surface area contributed by atoms with Crippen molar-refractivity contribution < 1.29 is 9.53 Å². The van der Waals surface area contributed by atoms with Crippen LogP contribution in [-0.4, -0.2) is 18.0 Å². The van der Waals surface area contributed by atoms with Crippen LogP contribution in [0.4, 0.5) is 0 Å². The average molecular weight is 138 g/mol. The van der Waals surface area contributed by atoms with Gasteiger partial charge in [-0.05, 0) is 13.3 Å². The molecule has 0 N–H and O–H groups in total. The third-order valence-corrected chi connectivity index (χ3v) is 2.43. The van der Waals surface area contributed by atoms with E-state index >= 15 is 0 Å². The zero-order valence-corrected chi connectivity index (χ0v) is 5.91. The molecule has 2 nitrogen and oxygen atoms in total. The van der Waals surface area contributed by atoms with Gasteiger partial charge in [0.1, 0.15) is 6.29 Å². The van der Waals surface area contributed by atoms with E-state index in [9.17, 15) is 4.79 Å². The number of hydrogen-bond donors (Lipinski definition) is 0. The van der Waals surface area contributed by atoms with Crippen LogP contribution in [0.15, 0.2) is 12.2 Å². The van der Waals surface area contributed by atoms with E-state index < -0.39 is 0 Å². The van der Waals surface area contributed by atoms with Crippen molar-refractivity contribution in [1.29, 1.82) is 0 Å². The van der Waals surface area contributed by atoms with Crippen molar-refractivity contribution in [2.75, 3.05) is 0 Å². The zero-order chi connectivity index (χ0) is 7.19. The monoisotopic (exact) mass is 138 g/mol. The van der Waals surface area contributed by atoms with Gasteiger partial charge in [0, 0.05) is 5.92 Å². The second-order valence-corrected chi connectivity index (χ2v) is 3.18. The van der Waals surface area contributed by atoms with Crippen LogP contribution in [0.25, 0.3) is 0 Å². The summed E-state index contributed by atoms with van der Waals surface area (Å²) in [6.07, 6.45) is 6.13. The fourth-order valence-corrected chi connectivity index (χ4v) is 1.72. The normalized spacial score (nSPS) is 50.1. The van der Waals surface area contributed by atoms with E-state index in [4.69, 9.17) is 4.74 Å². The third-order valence-electron chi connectivity index (χ3n) is 2.43. The van der Waals surface area contributed by atoms with Crippen LogP contribution in [0.1, 0.15) is 13.3 Å². The highest BCUT2D eigenvalue weighted by Crippen LogP contribution is 2.41. The molecule has 0 spiro atoms. The molecule has 0 aromatic heterocycles. The molecule has 1 fully saturated rings. The van der Waals surface area contributed by atoms with Crippen molar-refractivity contribution in [2.45, 2.75) is 25.0 Å². The smallest absolute Gasteiger partial charge is 0.126 e. The van der Waals surface area contributed by atoms with Crippen molar-refractivity contribution >= 4 is 6.29 Å². The second-order valence-electron chi connectivity index (χ2n) is 3.18. The molecule has 2 heteroatoms. The summed E-state index contributed by atoms with van der Waals surface area (Å²) in [5.74, 6) is 0.0856. The summed E-state index contributed by atoms with van der Waals surface area (Å²) in [6, 6.07) is 0. The number of carbonyl (C=O) groups excluding carboxylic acids is 1. The molecule has 1 unspecified atom stereocenters. The van der Waals surface area contributed by atoms with Crippen molar-refractivity contribution in [3.63, 3.8) is 0 Å². The maximum atomic E-state index is 10.5. The van der Waals surface area contributed by atoms with E-state index in [1.807, 2.05) is 19.1 Å². The van der Waals surface area contributed by atoms with Crippen molar-refractivity contribution in [1.82, 2.24) is 0 Å². The van der Waals surface area contributed by atoms with Crippen molar-refractivity contribution in [3.8, 4) is 0 Å². The molecule has 54 valence electrons. The first-order valence-corrected chi connectivity index (χ1v) is 3.57. The van der Waals surface area contributed by atoms with Gasteiger partial charge in [-0.15, -0.1) is 0 Å². The number of ether oxygens (including phenoxy) is 1. The number of aldehydes is 1. The molecule has 10 heavy (non-hydrogen) atoms. The number of carbonyl (C=O) groups is 1.